The Labute approximate surface area is 114 Å². The first-order chi connectivity index (χ1) is 8.70. The summed E-state index contributed by atoms with van der Waals surface area (Å²) in [6.07, 6.45) is 0. The molecular weight excluding hydrogens is 248 g/mol. The molecule has 0 radical (unpaired) electrons. The Bertz CT molecular complexity index is 296. The van der Waals surface area contributed by atoms with Crippen molar-refractivity contribution in [3.05, 3.63) is 22.4 Å². The topological polar surface area (TPSA) is 47.7 Å². The van der Waals surface area contributed by atoms with Crippen LogP contribution in [-0.4, -0.2) is 51.5 Å². The molecular formula is C13H24N2O2S. The van der Waals surface area contributed by atoms with Crippen LogP contribution in [0.25, 0.3) is 0 Å². The smallest absolute Gasteiger partial charge is 0.0592 e. The minimum Gasteiger partial charge on any atom is -0.383 e. The van der Waals surface area contributed by atoms with Gasteiger partial charge < -0.3 is 15.2 Å². The maximum absolute atomic E-state index is 6.16. The van der Waals surface area contributed by atoms with E-state index in [1.165, 1.54) is 4.88 Å². The predicted octanol–water partition coefficient (Wildman–Crippen LogP) is 1.73. The molecule has 104 valence electrons. The number of ether oxygens (including phenoxy) is 2. The second-order valence-corrected chi connectivity index (χ2v) is 5.32. The molecule has 2 unspecified atom stereocenters. The Morgan fingerprint density at radius 2 is 1.89 bits per heavy atom. The fourth-order valence-electron chi connectivity index (χ4n) is 2.04. The molecule has 0 bridgehead atoms. The summed E-state index contributed by atoms with van der Waals surface area (Å²) in [6.45, 7) is 5.20. The number of hydrogen-bond acceptors (Lipinski definition) is 5. The van der Waals surface area contributed by atoms with Crippen molar-refractivity contribution in [2.24, 2.45) is 5.73 Å². The van der Waals surface area contributed by atoms with Crippen LogP contribution in [0.5, 0.6) is 0 Å². The normalized spacial score (nSPS) is 14.9. The third-order valence-corrected chi connectivity index (χ3v) is 3.83. The summed E-state index contributed by atoms with van der Waals surface area (Å²) in [5.74, 6) is 0. The molecule has 0 spiro atoms. The van der Waals surface area contributed by atoms with Crippen molar-refractivity contribution in [2.45, 2.75) is 19.0 Å². The summed E-state index contributed by atoms with van der Waals surface area (Å²) >= 11 is 1.75. The zero-order valence-electron chi connectivity index (χ0n) is 11.5. The summed E-state index contributed by atoms with van der Waals surface area (Å²) in [5.41, 5.74) is 6.16. The summed E-state index contributed by atoms with van der Waals surface area (Å²) in [6, 6.07) is 4.53. The second kappa shape index (κ2) is 8.61. The van der Waals surface area contributed by atoms with Gasteiger partial charge in [0.25, 0.3) is 0 Å². The lowest BCUT2D eigenvalue weighted by Crippen LogP contribution is -2.42. The lowest BCUT2D eigenvalue weighted by atomic mass is 10.1. The first-order valence-corrected chi connectivity index (χ1v) is 7.09. The number of nitrogens with zero attached hydrogens (tertiary/aromatic N) is 1. The Morgan fingerprint density at radius 3 is 2.28 bits per heavy atom. The fraction of sp³-hybridized carbons (Fsp3) is 0.692. The second-order valence-electron chi connectivity index (χ2n) is 4.34. The Balaban J connectivity index is 2.76. The van der Waals surface area contributed by atoms with Crippen LogP contribution < -0.4 is 5.73 Å². The van der Waals surface area contributed by atoms with Crippen LogP contribution in [-0.2, 0) is 9.47 Å². The quantitative estimate of drug-likeness (QED) is 0.744. The van der Waals surface area contributed by atoms with Crippen LogP contribution >= 0.6 is 11.3 Å². The predicted molar refractivity (Wildman–Crippen MR) is 76.0 cm³/mol. The van der Waals surface area contributed by atoms with Crippen molar-refractivity contribution in [2.75, 3.05) is 40.5 Å². The minimum absolute atomic E-state index is 0.0809. The van der Waals surface area contributed by atoms with Crippen molar-refractivity contribution in [3.63, 3.8) is 0 Å². The molecule has 4 nitrogen and oxygen atoms in total. The highest BCUT2D eigenvalue weighted by molar-refractivity contribution is 7.10. The van der Waals surface area contributed by atoms with Crippen LogP contribution in [0.4, 0.5) is 0 Å². The van der Waals surface area contributed by atoms with E-state index in [2.05, 4.69) is 29.3 Å². The highest BCUT2D eigenvalue weighted by atomic mass is 32.1. The van der Waals surface area contributed by atoms with Crippen molar-refractivity contribution >= 4 is 11.3 Å². The van der Waals surface area contributed by atoms with Gasteiger partial charge in [-0.1, -0.05) is 6.07 Å². The molecule has 1 aromatic heterocycles. The molecule has 18 heavy (non-hydrogen) atoms. The highest BCUT2D eigenvalue weighted by Gasteiger charge is 2.24. The third-order valence-electron chi connectivity index (χ3n) is 2.89. The molecule has 1 rings (SSSR count). The Hall–Kier alpha value is -0.460. The minimum atomic E-state index is 0.0809. The van der Waals surface area contributed by atoms with E-state index in [0.717, 1.165) is 13.1 Å². The molecule has 0 aromatic carbocycles. The van der Waals surface area contributed by atoms with Gasteiger partial charge in [-0.15, -0.1) is 11.3 Å². The molecule has 0 saturated heterocycles. The summed E-state index contributed by atoms with van der Waals surface area (Å²) in [4.78, 5) is 3.64. The Kier molecular flexibility index (Phi) is 7.46. The van der Waals surface area contributed by atoms with Crippen LogP contribution in [0.15, 0.2) is 17.5 Å². The van der Waals surface area contributed by atoms with E-state index in [1.807, 2.05) is 0 Å². The van der Waals surface area contributed by atoms with Gasteiger partial charge in [-0.25, -0.2) is 0 Å². The van der Waals surface area contributed by atoms with Crippen LogP contribution in [0, 0.1) is 0 Å². The van der Waals surface area contributed by atoms with Gasteiger partial charge in [-0.2, -0.15) is 0 Å². The van der Waals surface area contributed by atoms with Gasteiger partial charge in [0.2, 0.25) is 0 Å². The number of thiophene rings is 1. The van der Waals surface area contributed by atoms with Crippen molar-refractivity contribution in [3.8, 4) is 0 Å². The summed E-state index contributed by atoms with van der Waals surface area (Å²) in [7, 11) is 3.45. The van der Waals surface area contributed by atoms with Gasteiger partial charge in [0, 0.05) is 38.2 Å². The third kappa shape index (κ3) is 4.66. The van der Waals surface area contributed by atoms with E-state index < -0.39 is 0 Å². The first kappa shape index (κ1) is 15.6. The van der Waals surface area contributed by atoms with E-state index >= 15 is 0 Å². The van der Waals surface area contributed by atoms with E-state index in [9.17, 15) is 0 Å². The maximum atomic E-state index is 6.16. The lowest BCUT2D eigenvalue weighted by Gasteiger charge is -2.33. The van der Waals surface area contributed by atoms with E-state index in [4.69, 9.17) is 15.2 Å². The average Bonchev–Trinajstić information content (AvgIpc) is 2.85. The zero-order chi connectivity index (χ0) is 13.4. The number of nitrogens with two attached hydrogens (primary N) is 1. The number of rotatable bonds is 9. The standard InChI is InChI=1S/C13H24N2O2S/c1-11(14)13(12-5-4-10-18-12)15(6-8-16-2)7-9-17-3/h4-5,10-11,13H,6-9,14H2,1-3H3. The zero-order valence-corrected chi connectivity index (χ0v) is 12.3. The highest BCUT2D eigenvalue weighted by Crippen LogP contribution is 2.27. The van der Waals surface area contributed by atoms with Gasteiger partial charge >= 0.3 is 0 Å². The van der Waals surface area contributed by atoms with Crippen molar-refractivity contribution in [1.29, 1.82) is 0 Å². The molecule has 0 aliphatic carbocycles. The van der Waals surface area contributed by atoms with Gasteiger partial charge in [0.05, 0.1) is 19.3 Å². The number of methoxy groups -OCH3 is 2. The molecule has 0 fully saturated rings. The summed E-state index contributed by atoms with van der Waals surface area (Å²) in [5, 5.41) is 2.09. The van der Waals surface area contributed by atoms with Crippen LogP contribution in [0.3, 0.4) is 0 Å². The SMILES string of the molecule is COCCN(CCOC)C(c1cccs1)C(C)N. The molecule has 1 heterocycles. The van der Waals surface area contributed by atoms with Gasteiger partial charge in [0.1, 0.15) is 0 Å². The number of hydrogen-bond donors (Lipinski definition) is 1. The van der Waals surface area contributed by atoms with Crippen molar-refractivity contribution < 1.29 is 9.47 Å². The first-order valence-electron chi connectivity index (χ1n) is 6.21. The molecule has 1 aromatic rings. The molecule has 0 saturated carbocycles. The monoisotopic (exact) mass is 272 g/mol. The van der Waals surface area contributed by atoms with E-state index in [0.29, 0.717) is 13.2 Å². The maximum Gasteiger partial charge on any atom is 0.0592 e. The molecule has 5 heteroatoms. The largest absolute Gasteiger partial charge is 0.383 e. The van der Waals surface area contributed by atoms with Gasteiger partial charge in [-0.05, 0) is 18.4 Å². The Morgan fingerprint density at radius 1 is 1.28 bits per heavy atom. The summed E-state index contributed by atoms with van der Waals surface area (Å²) < 4.78 is 10.4. The molecule has 0 aliphatic heterocycles. The lowest BCUT2D eigenvalue weighted by molar-refractivity contribution is 0.0812. The van der Waals surface area contributed by atoms with E-state index in [1.54, 1.807) is 25.6 Å². The molecule has 0 amide bonds. The van der Waals surface area contributed by atoms with Gasteiger partial charge in [-0.3, -0.25) is 4.90 Å². The molecule has 0 aliphatic rings. The van der Waals surface area contributed by atoms with Crippen LogP contribution in [0.1, 0.15) is 17.8 Å². The van der Waals surface area contributed by atoms with Crippen molar-refractivity contribution in [1.82, 2.24) is 4.90 Å². The van der Waals surface area contributed by atoms with Gasteiger partial charge in [0.15, 0.2) is 0 Å². The van der Waals surface area contributed by atoms with E-state index in [-0.39, 0.29) is 12.1 Å². The molecule has 2 atom stereocenters. The fourth-order valence-corrected chi connectivity index (χ4v) is 3.01. The molecule has 2 N–H and O–H groups in total. The average molecular weight is 272 g/mol. The van der Waals surface area contributed by atoms with Crippen LogP contribution in [0.2, 0.25) is 0 Å².